The number of nitrogens with zero attached hydrogens (tertiary/aromatic N) is 1. The lowest BCUT2D eigenvalue weighted by atomic mass is 9.85. The summed E-state index contributed by atoms with van der Waals surface area (Å²) in [5, 5.41) is 0. The number of amides is 2. The van der Waals surface area contributed by atoms with Crippen molar-refractivity contribution in [2.75, 3.05) is 0 Å². The van der Waals surface area contributed by atoms with Crippen LogP contribution in [0.25, 0.3) is 0 Å². The normalized spacial score (nSPS) is 36.1. The third-order valence-electron chi connectivity index (χ3n) is 6.93. The standard InChI is InChI=1S/C22H22BrNO4/c23-15-5-9-17(10-6-15)28-22(27)12-3-7-16(8-4-12)24-20(25)18-13-1-2-14(11-13)19(18)21(24)26/h1-2,5-6,9-10,12-14,16,18-19H,3-4,7-8,11H2/t12?,13-,14+,16?,18-,19-/m0/s1. The summed E-state index contributed by atoms with van der Waals surface area (Å²) in [5.74, 6) is 0.396. The van der Waals surface area contributed by atoms with E-state index in [1.165, 1.54) is 0 Å². The first-order valence-electron chi connectivity index (χ1n) is 10.1. The fourth-order valence-corrected chi connectivity index (χ4v) is 5.82. The number of likely N-dealkylation sites (tertiary alicyclic amines) is 1. The fourth-order valence-electron chi connectivity index (χ4n) is 5.56. The van der Waals surface area contributed by atoms with E-state index in [1.54, 1.807) is 17.0 Å². The summed E-state index contributed by atoms with van der Waals surface area (Å²) in [6.45, 7) is 0. The maximum absolute atomic E-state index is 12.9. The number of rotatable bonds is 3. The van der Waals surface area contributed by atoms with Crippen LogP contribution in [-0.2, 0) is 14.4 Å². The summed E-state index contributed by atoms with van der Waals surface area (Å²) in [4.78, 5) is 39.9. The van der Waals surface area contributed by atoms with Gasteiger partial charge in [-0.05, 0) is 68.2 Å². The van der Waals surface area contributed by atoms with Crippen molar-refractivity contribution in [1.29, 1.82) is 0 Å². The van der Waals surface area contributed by atoms with E-state index < -0.39 is 0 Å². The van der Waals surface area contributed by atoms with E-state index >= 15 is 0 Å². The molecule has 1 aliphatic heterocycles. The highest BCUT2D eigenvalue weighted by Crippen LogP contribution is 2.53. The maximum Gasteiger partial charge on any atom is 0.314 e. The average molecular weight is 444 g/mol. The molecule has 1 aromatic carbocycles. The number of esters is 1. The van der Waals surface area contributed by atoms with Gasteiger partial charge in [-0.25, -0.2) is 0 Å². The summed E-state index contributed by atoms with van der Waals surface area (Å²) >= 11 is 3.36. The molecular weight excluding hydrogens is 422 g/mol. The van der Waals surface area contributed by atoms with Gasteiger partial charge in [-0.3, -0.25) is 19.3 Å². The van der Waals surface area contributed by atoms with Crippen LogP contribution in [0.15, 0.2) is 40.9 Å². The number of hydrogen-bond acceptors (Lipinski definition) is 4. The molecule has 28 heavy (non-hydrogen) atoms. The van der Waals surface area contributed by atoms with E-state index in [-0.39, 0.29) is 53.4 Å². The van der Waals surface area contributed by atoms with Crippen LogP contribution in [0.5, 0.6) is 5.75 Å². The highest BCUT2D eigenvalue weighted by molar-refractivity contribution is 9.10. The van der Waals surface area contributed by atoms with Gasteiger partial charge in [0.05, 0.1) is 17.8 Å². The van der Waals surface area contributed by atoms with Gasteiger partial charge in [0.1, 0.15) is 5.75 Å². The zero-order chi connectivity index (χ0) is 19.4. The zero-order valence-electron chi connectivity index (χ0n) is 15.4. The molecule has 6 heteroatoms. The first kappa shape index (κ1) is 18.1. The van der Waals surface area contributed by atoms with E-state index in [2.05, 4.69) is 28.1 Å². The van der Waals surface area contributed by atoms with Crippen molar-refractivity contribution < 1.29 is 19.1 Å². The molecule has 5 rings (SSSR count). The Morgan fingerprint density at radius 2 is 1.50 bits per heavy atom. The van der Waals surface area contributed by atoms with Crippen LogP contribution in [0.3, 0.4) is 0 Å². The first-order valence-corrected chi connectivity index (χ1v) is 10.8. The second-order valence-corrected chi connectivity index (χ2v) is 9.34. The van der Waals surface area contributed by atoms with E-state index in [0.29, 0.717) is 31.4 Å². The molecular formula is C22H22BrNO4. The second-order valence-electron chi connectivity index (χ2n) is 8.43. The van der Waals surface area contributed by atoms with Crippen LogP contribution < -0.4 is 4.74 Å². The summed E-state index contributed by atoms with van der Waals surface area (Å²) in [5.41, 5.74) is 0. The van der Waals surface area contributed by atoms with Crippen LogP contribution in [0.2, 0.25) is 0 Å². The highest BCUT2D eigenvalue weighted by Gasteiger charge is 2.60. The number of allylic oxidation sites excluding steroid dienone is 2. The largest absolute Gasteiger partial charge is 0.426 e. The Hall–Kier alpha value is -1.95. The SMILES string of the molecule is O=C(Oc1ccc(Br)cc1)C1CCC(N2C(=O)[C@@H]3[C@@H](C2=O)[C@H]2C=C[C@@H]3C2)CC1. The summed E-state index contributed by atoms with van der Waals surface area (Å²) in [6.07, 6.45) is 7.86. The molecule has 4 atom stereocenters. The smallest absolute Gasteiger partial charge is 0.314 e. The molecule has 1 saturated heterocycles. The lowest BCUT2D eigenvalue weighted by Gasteiger charge is -2.33. The lowest BCUT2D eigenvalue weighted by molar-refractivity contribution is -0.145. The van der Waals surface area contributed by atoms with E-state index in [4.69, 9.17) is 4.74 Å². The molecule has 0 aromatic heterocycles. The van der Waals surface area contributed by atoms with E-state index in [9.17, 15) is 14.4 Å². The molecule has 3 fully saturated rings. The Labute approximate surface area is 172 Å². The van der Waals surface area contributed by atoms with Crippen molar-refractivity contribution in [3.8, 4) is 5.75 Å². The number of hydrogen-bond donors (Lipinski definition) is 0. The number of fused-ring (bicyclic) bond motifs is 5. The number of benzene rings is 1. The average Bonchev–Trinajstić information content (AvgIpc) is 3.38. The van der Waals surface area contributed by atoms with Gasteiger partial charge in [0, 0.05) is 10.5 Å². The zero-order valence-corrected chi connectivity index (χ0v) is 17.0. The molecule has 5 nitrogen and oxygen atoms in total. The summed E-state index contributed by atoms with van der Waals surface area (Å²) in [6, 6.07) is 7.13. The Balaban J connectivity index is 1.21. The van der Waals surface area contributed by atoms with E-state index in [0.717, 1.165) is 10.9 Å². The summed E-state index contributed by atoms with van der Waals surface area (Å²) < 4.78 is 6.42. The van der Waals surface area contributed by atoms with Gasteiger partial charge in [-0.15, -0.1) is 0 Å². The number of carbonyl (C=O) groups excluding carboxylic acids is 3. The van der Waals surface area contributed by atoms with Crippen molar-refractivity contribution in [3.63, 3.8) is 0 Å². The Morgan fingerprint density at radius 1 is 0.929 bits per heavy atom. The van der Waals surface area contributed by atoms with Gasteiger partial charge >= 0.3 is 5.97 Å². The van der Waals surface area contributed by atoms with Gasteiger partial charge < -0.3 is 4.74 Å². The molecule has 3 aliphatic carbocycles. The molecule has 0 unspecified atom stereocenters. The molecule has 0 N–H and O–H groups in total. The van der Waals surface area contributed by atoms with Gasteiger partial charge in [0.25, 0.3) is 0 Å². The quantitative estimate of drug-likeness (QED) is 0.309. The van der Waals surface area contributed by atoms with Crippen molar-refractivity contribution in [2.45, 2.75) is 38.1 Å². The van der Waals surface area contributed by atoms with Gasteiger partial charge in [0.2, 0.25) is 11.8 Å². The van der Waals surface area contributed by atoms with Crippen LogP contribution in [-0.4, -0.2) is 28.7 Å². The van der Waals surface area contributed by atoms with Crippen LogP contribution in [0, 0.1) is 29.6 Å². The predicted molar refractivity (Wildman–Crippen MR) is 105 cm³/mol. The van der Waals surface area contributed by atoms with Crippen molar-refractivity contribution >= 4 is 33.7 Å². The minimum Gasteiger partial charge on any atom is -0.426 e. The Morgan fingerprint density at radius 3 is 2.07 bits per heavy atom. The molecule has 0 spiro atoms. The van der Waals surface area contributed by atoms with Crippen molar-refractivity contribution in [3.05, 3.63) is 40.9 Å². The minimum atomic E-state index is -0.223. The number of halogens is 1. The second kappa shape index (κ2) is 6.83. The van der Waals surface area contributed by atoms with Gasteiger partial charge in [0.15, 0.2) is 0 Å². The molecule has 0 radical (unpaired) electrons. The van der Waals surface area contributed by atoms with Crippen LogP contribution in [0.4, 0.5) is 0 Å². The highest BCUT2D eigenvalue weighted by atomic mass is 79.9. The Bertz CT molecular complexity index is 826. The molecule has 2 bridgehead atoms. The third kappa shape index (κ3) is 2.84. The van der Waals surface area contributed by atoms with Gasteiger partial charge in [-0.1, -0.05) is 28.1 Å². The topological polar surface area (TPSA) is 63.7 Å². The first-order chi connectivity index (χ1) is 13.5. The number of carbonyl (C=O) groups is 3. The minimum absolute atomic E-state index is 0.0211. The Kier molecular flexibility index (Phi) is 4.42. The lowest BCUT2D eigenvalue weighted by Crippen LogP contribution is -2.44. The molecule has 2 saturated carbocycles. The molecule has 1 aromatic rings. The fraction of sp³-hybridized carbons (Fsp3) is 0.500. The molecule has 4 aliphatic rings. The van der Waals surface area contributed by atoms with Crippen LogP contribution in [0.1, 0.15) is 32.1 Å². The molecule has 2 amide bonds. The molecule has 1 heterocycles. The van der Waals surface area contributed by atoms with E-state index in [1.807, 2.05) is 12.1 Å². The predicted octanol–water partition coefficient (Wildman–Crippen LogP) is 3.72. The monoisotopic (exact) mass is 443 g/mol. The van der Waals surface area contributed by atoms with Crippen LogP contribution >= 0.6 is 15.9 Å². The van der Waals surface area contributed by atoms with Gasteiger partial charge in [-0.2, -0.15) is 0 Å². The molecule has 146 valence electrons. The number of ether oxygens (including phenoxy) is 1. The van der Waals surface area contributed by atoms with Crippen molar-refractivity contribution in [2.24, 2.45) is 29.6 Å². The summed E-state index contributed by atoms with van der Waals surface area (Å²) in [7, 11) is 0. The third-order valence-corrected chi connectivity index (χ3v) is 7.46. The number of imide groups is 1. The maximum atomic E-state index is 12.9. The van der Waals surface area contributed by atoms with Crippen molar-refractivity contribution in [1.82, 2.24) is 4.90 Å².